The Morgan fingerprint density at radius 3 is 2.38 bits per heavy atom. The number of carboxylic acids is 1. The van der Waals surface area contributed by atoms with Crippen LogP contribution in [0.25, 0.3) is 0 Å². The van der Waals surface area contributed by atoms with E-state index in [0.29, 0.717) is 12.1 Å². The minimum atomic E-state index is -0.939. The van der Waals surface area contributed by atoms with Gasteiger partial charge in [-0.25, -0.2) is 0 Å². The minimum Gasteiger partial charge on any atom is -0.481 e. The smallest absolute Gasteiger partial charge is 0.307 e. The van der Waals surface area contributed by atoms with Crippen LogP contribution >= 0.6 is 67.8 Å². The lowest BCUT2D eigenvalue weighted by molar-refractivity contribution is -0.143. The quantitative estimate of drug-likeness (QED) is 0.387. The molecular formula is C13H15I3N2O3. The molecule has 0 aliphatic rings. The van der Waals surface area contributed by atoms with E-state index in [1.165, 1.54) is 4.90 Å². The third-order valence-electron chi connectivity index (χ3n) is 3.15. The van der Waals surface area contributed by atoms with Crippen molar-refractivity contribution in [3.8, 4) is 0 Å². The molecule has 0 aliphatic heterocycles. The molecule has 0 heterocycles. The average molecular weight is 628 g/mol. The highest BCUT2D eigenvalue weighted by Gasteiger charge is 2.25. The molecule has 0 aliphatic carbocycles. The number of anilines is 2. The first-order valence-corrected chi connectivity index (χ1v) is 9.36. The predicted octanol–water partition coefficient (Wildman–Crippen LogP) is 3.55. The van der Waals surface area contributed by atoms with E-state index in [1.807, 2.05) is 6.07 Å². The molecular weight excluding hydrogens is 613 g/mol. The summed E-state index contributed by atoms with van der Waals surface area (Å²) in [6, 6.07) is 1.91. The Labute approximate surface area is 164 Å². The Kier molecular flexibility index (Phi) is 7.43. The number of amides is 1. The Bertz CT molecular complexity index is 578. The standard InChI is InChI=1S/C13H15I3N2O3/c1-3-6(13(20)21)4-9(19)18(2)12-8(15)5-7(14)11(17)10(12)16/h5-6H,3-4,17H2,1-2H3,(H,20,21). The van der Waals surface area contributed by atoms with Crippen LogP contribution in [0.3, 0.4) is 0 Å². The number of hydrogen-bond acceptors (Lipinski definition) is 3. The van der Waals surface area contributed by atoms with Crippen molar-refractivity contribution < 1.29 is 14.7 Å². The fourth-order valence-electron chi connectivity index (χ4n) is 1.78. The molecule has 1 aromatic carbocycles. The molecule has 0 saturated heterocycles. The van der Waals surface area contributed by atoms with Crippen molar-refractivity contribution in [3.05, 3.63) is 16.8 Å². The number of halogens is 3. The van der Waals surface area contributed by atoms with Crippen molar-refractivity contribution in [1.29, 1.82) is 0 Å². The van der Waals surface area contributed by atoms with Crippen molar-refractivity contribution in [2.75, 3.05) is 17.7 Å². The normalized spacial score (nSPS) is 12.0. The van der Waals surface area contributed by atoms with Crippen molar-refractivity contribution in [2.24, 2.45) is 5.92 Å². The third-order valence-corrected chi connectivity index (χ3v) is 5.96. The van der Waals surface area contributed by atoms with Crippen LogP contribution in [-0.4, -0.2) is 24.0 Å². The summed E-state index contributed by atoms with van der Waals surface area (Å²) in [5.41, 5.74) is 7.39. The lowest BCUT2D eigenvalue weighted by Gasteiger charge is -2.23. The van der Waals surface area contributed by atoms with E-state index in [0.717, 1.165) is 16.4 Å². The maximum Gasteiger partial charge on any atom is 0.307 e. The van der Waals surface area contributed by atoms with E-state index in [4.69, 9.17) is 10.8 Å². The van der Waals surface area contributed by atoms with Gasteiger partial charge in [-0.05, 0) is 80.3 Å². The summed E-state index contributed by atoms with van der Waals surface area (Å²) in [6.07, 6.45) is 0.415. The minimum absolute atomic E-state index is 0.0135. The van der Waals surface area contributed by atoms with Gasteiger partial charge in [-0.2, -0.15) is 0 Å². The molecule has 8 heteroatoms. The second-order valence-electron chi connectivity index (χ2n) is 4.52. The summed E-state index contributed by atoms with van der Waals surface area (Å²) in [5, 5.41) is 9.07. The molecule has 1 unspecified atom stereocenters. The summed E-state index contributed by atoms with van der Waals surface area (Å²) >= 11 is 6.43. The van der Waals surface area contributed by atoms with Gasteiger partial charge in [-0.15, -0.1) is 0 Å². The summed E-state index contributed by atoms with van der Waals surface area (Å²) in [4.78, 5) is 24.9. The van der Waals surface area contributed by atoms with E-state index < -0.39 is 11.9 Å². The molecule has 1 aromatic rings. The molecule has 0 saturated carbocycles. The Morgan fingerprint density at radius 2 is 1.90 bits per heavy atom. The largest absolute Gasteiger partial charge is 0.481 e. The number of hydrogen-bond donors (Lipinski definition) is 2. The SMILES string of the molecule is CCC(CC(=O)N(C)c1c(I)cc(I)c(N)c1I)C(=O)O. The summed E-state index contributed by atoms with van der Waals surface area (Å²) in [7, 11) is 1.66. The molecule has 3 N–H and O–H groups in total. The van der Waals surface area contributed by atoms with Gasteiger partial charge in [-0.1, -0.05) is 6.92 Å². The Morgan fingerprint density at radius 1 is 1.33 bits per heavy atom. The molecule has 0 aromatic heterocycles. The molecule has 0 spiro atoms. The molecule has 0 fully saturated rings. The average Bonchev–Trinajstić information content (AvgIpc) is 2.41. The number of nitrogen functional groups attached to an aromatic ring is 1. The van der Waals surface area contributed by atoms with Gasteiger partial charge < -0.3 is 15.7 Å². The maximum absolute atomic E-state index is 12.3. The zero-order valence-corrected chi connectivity index (χ0v) is 18.0. The third kappa shape index (κ3) is 4.56. The van der Waals surface area contributed by atoms with E-state index >= 15 is 0 Å². The molecule has 21 heavy (non-hydrogen) atoms. The number of aliphatic carboxylic acids is 1. The van der Waals surface area contributed by atoms with Crippen molar-refractivity contribution in [3.63, 3.8) is 0 Å². The van der Waals surface area contributed by atoms with Gasteiger partial charge in [0.2, 0.25) is 5.91 Å². The first-order chi connectivity index (χ1) is 9.70. The van der Waals surface area contributed by atoms with Crippen molar-refractivity contribution >= 4 is 91.0 Å². The fraction of sp³-hybridized carbons (Fsp3) is 0.385. The number of nitrogens with two attached hydrogens (primary N) is 1. The van der Waals surface area contributed by atoms with E-state index in [9.17, 15) is 9.59 Å². The fourth-order valence-corrected chi connectivity index (χ4v) is 5.88. The molecule has 116 valence electrons. The number of carboxylic acid groups (broad SMARTS) is 1. The van der Waals surface area contributed by atoms with Gasteiger partial charge >= 0.3 is 5.97 Å². The second-order valence-corrected chi connectivity index (χ2v) is 7.92. The summed E-state index contributed by atoms with van der Waals surface area (Å²) < 4.78 is 2.65. The highest BCUT2D eigenvalue weighted by Crippen LogP contribution is 2.35. The van der Waals surface area contributed by atoms with Gasteiger partial charge in [-0.3, -0.25) is 9.59 Å². The first-order valence-electron chi connectivity index (χ1n) is 6.13. The van der Waals surface area contributed by atoms with Gasteiger partial charge in [0.15, 0.2) is 0 Å². The topological polar surface area (TPSA) is 83.6 Å². The number of carbonyl (C=O) groups is 2. The van der Waals surface area contributed by atoms with Crippen LogP contribution in [0.4, 0.5) is 11.4 Å². The monoisotopic (exact) mass is 628 g/mol. The zero-order valence-electron chi connectivity index (χ0n) is 11.5. The van der Waals surface area contributed by atoms with Crippen LogP contribution in [0.5, 0.6) is 0 Å². The first kappa shape index (κ1) is 19.2. The van der Waals surface area contributed by atoms with E-state index in [-0.39, 0.29) is 12.3 Å². The number of rotatable bonds is 5. The van der Waals surface area contributed by atoms with Crippen LogP contribution in [0.2, 0.25) is 0 Å². The predicted molar refractivity (Wildman–Crippen MR) is 108 cm³/mol. The number of nitrogens with zero attached hydrogens (tertiary/aromatic N) is 1. The molecule has 1 atom stereocenters. The van der Waals surface area contributed by atoms with Gasteiger partial charge in [0, 0.05) is 20.6 Å². The molecule has 5 nitrogen and oxygen atoms in total. The van der Waals surface area contributed by atoms with Crippen LogP contribution in [0.15, 0.2) is 6.07 Å². The van der Waals surface area contributed by atoms with Gasteiger partial charge in [0.25, 0.3) is 0 Å². The maximum atomic E-state index is 12.3. The molecule has 0 radical (unpaired) electrons. The summed E-state index contributed by atoms with van der Waals surface area (Å²) in [6.45, 7) is 1.77. The Balaban J connectivity index is 3.09. The summed E-state index contributed by atoms with van der Waals surface area (Å²) in [5.74, 6) is -1.82. The lowest BCUT2D eigenvalue weighted by atomic mass is 10.0. The van der Waals surface area contributed by atoms with Crippen LogP contribution in [0.1, 0.15) is 19.8 Å². The highest BCUT2D eigenvalue weighted by atomic mass is 127. The Hall–Kier alpha value is 0.150. The van der Waals surface area contributed by atoms with Gasteiger partial charge in [0.05, 0.1) is 20.9 Å². The second kappa shape index (κ2) is 8.13. The van der Waals surface area contributed by atoms with E-state index in [2.05, 4.69) is 67.8 Å². The highest BCUT2D eigenvalue weighted by molar-refractivity contribution is 14.1. The van der Waals surface area contributed by atoms with Crippen LogP contribution < -0.4 is 10.6 Å². The van der Waals surface area contributed by atoms with Crippen molar-refractivity contribution in [1.82, 2.24) is 0 Å². The van der Waals surface area contributed by atoms with Crippen LogP contribution in [-0.2, 0) is 9.59 Å². The zero-order chi connectivity index (χ0) is 16.3. The lowest BCUT2D eigenvalue weighted by Crippen LogP contribution is -2.31. The van der Waals surface area contributed by atoms with Crippen molar-refractivity contribution in [2.45, 2.75) is 19.8 Å². The molecule has 1 amide bonds. The van der Waals surface area contributed by atoms with E-state index in [1.54, 1.807) is 14.0 Å². The molecule has 1 rings (SSSR count). The van der Waals surface area contributed by atoms with Crippen LogP contribution in [0, 0.1) is 16.6 Å². The number of carbonyl (C=O) groups excluding carboxylic acids is 1. The van der Waals surface area contributed by atoms with Gasteiger partial charge in [0.1, 0.15) is 0 Å². The molecule has 0 bridgehead atoms. The number of benzene rings is 1.